The Morgan fingerprint density at radius 2 is 1.76 bits per heavy atom. The van der Waals surface area contributed by atoms with Crippen molar-refractivity contribution in [3.05, 3.63) is 78.4 Å². The number of likely N-dealkylation sites (N-methyl/N-ethyl adjacent to an activating group) is 1. The van der Waals surface area contributed by atoms with E-state index in [1.165, 1.54) is 17.2 Å². The fourth-order valence-electron chi connectivity index (χ4n) is 3.87. The van der Waals surface area contributed by atoms with Gasteiger partial charge in [0, 0.05) is 18.2 Å². The molecule has 3 nitrogen and oxygen atoms in total. The van der Waals surface area contributed by atoms with Crippen LogP contribution in [0.1, 0.15) is 24.0 Å². The van der Waals surface area contributed by atoms with Crippen molar-refractivity contribution in [2.24, 2.45) is 0 Å². The van der Waals surface area contributed by atoms with Crippen molar-refractivity contribution < 1.29 is 4.79 Å². The Morgan fingerprint density at radius 1 is 1.12 bits per heavy atom. The number of nitrogens with one attached hydrogen (secondary N) is 1. The van der Waals surface area contributed by atoms with Gasteiger partial charge in [-0.05, 0) is 55.6 Å². The molecule has 3 heteroatoms. The standard InChI is InChI=1S/C22H26N2O/c1-3-21(25)24(2)20-12-8-7-9-18(20)17-22(13-15-23-16-14-22)19-10-5-4-6-11-19/h3-12,23H,1,13-17H2,2H3. The minimum Gasteiger partial charge on any atom is -0.317 e. The van der Waals surface area contributed by atoms with Crippen LogP contribution in [0.15, 0.2) is 67.3 Å². The van der Waals surface area contributed by atoms with E-state index in [0.29, 0.717) is 0 Å². The molecule has 0 saturated carbocycles. The molecule has 1 fully saturated rings. The molecule has 0 bridgehead atoms. The maximum absolute atomic E-state index is 12.1. The summed E-state index contributed by atoms with van der Waals surface area (Å²) in [5.41, 5.74) is 3.69. The predicted molar refractivity (Wildman–Crippen MR) is 104 cm³/mol. The van der Waals surface area contributed by atoms with Crippen LogP contribution in [0.2, 0.25) is 0 Å². The number of carbonyl (C=O) groups is 1. The van der Waals surface area contributed by atoms with Gasteiger partial charge in [-0.1, -0.05) is 55.1 Å². The second-order valence-corrected chi connectivity index (χ2v) is 6.80. The van der Waals surface area contributed by atoms with Crippen LogP contribution in [-0.4, -0.2) is 26.0 Å². The fraction of sp³-hybridized carbons (Fsp3) is 0.318. The maximum atomic E-state index is 12.1. The quantitative estimate of drug-likeness (QED) is 0.846. The minimum atomic E-state index is -0.0773. The molecule has 1 aliphatic heterocycles. The van der Waals surface area contributed by atoms with E-state index in [1.54, 1.807) is 4.90 Å². The molecule has 1 aliphatic rings. The number of amides is 1. The van der Waals surface area contributed by atoms with Gasteiger partial charge < -0.3 is 10.2 Å². The molecule has 0 aliphatic carbocycles. The van der Waals surface area contributed by atoms with Crippen LogP contribution in [0.4, 0.5) is 5.69 Å². The summed E-state index contributed by atoms with van der Waals surface area (Å²) in [7, 11) is 1.82. The summed E-state index contributed by atoms with van der Waals surface area (Å²) in [4.78, 5) is 13.8. The van der Waals surface area contributed by atoms with Gasteiger partial charge in [0.1, 0.15) is 0 Å². The zero-order valence-corrected chi connectivity index (χ0v) is 14.9. The van der Waals surface area contributed by atoms with Crippen LogP contribution in [0.25, 0.3) is 0 Å². The van der Waals surface area contributed by atoms with E-state index < -0.39 is 0 Å². The topological polar surface area (TPSA) is 32.3 Å². The first-order valence-electron chi connectivity index (χ1n) is 8.90. The third-order valence-electron chi connectivity index (χ3n) is 5.33. The Balaban J connectivity index is 1.99. The first kappa shape index (κ1) is 17.4. The molecule has 2 aromatic rings. The third kappa shape index (κ3) is 3.67. The van der Waals surface area contributed by atoms with Gasteiger partial charge in [0.25, 0.3) is 0 Å². The van der Waals surface area contributed by atoms with Crippen LogP contribution in [0.5, 0.6) is 0 Å². The average Bonchev–Trinajstić information content (AvgIpc) is 2.68. The van der Waals surface area contributed by atoms with E-state index in [-0.39, 0.29) is 11.3 Å². The molecule has 0 spiro atoms. The van der Waals surface area contributed by atoms with Gasteiger partial charge in [0.15, 0.2) is 0 Å². The van der Waals surface area contributed by atoms with Crippen molar-refractivity contribution in [1.29, 1.82) is 0 Å². The van der Waals surface area contributed by atoms with Gasteiger partial charge in [-0.2, -0.15) is 0 Å². The Hall–Kier alpha value is -2.39. The van der Waals surface area contributed by atoms with E-state index >= 15 is 0 Å². The van der Waals surface area contributed by atoms with Gasteiger partial charge >= 0.3 is 0 Å². The maximum Gasteiger partial charge on any atom is 0.250 e. The van der Waals surface area contributed by atoms with Crippen LogP contribution in [-0.2, 0) is 16.6 Å². The van der Waals surface area contributed by atoms with Gasteiger partial charge in [0.2, 0.25) is 5.91 Å². The summed E-state index contributed by atoms with van der Waals surface area (Å²) in [5.74, 6) is -0.0773. The van der Waals surface area contributed by atoms with E-state index in [9.17, 15) is 4.79 Å². The lowest BCUT2D eigenvalue weighted by Gasteiger charge is -2.39. The zero-order valence-electron chi connectivity index (χ0n) is 14.9. The van der Waals surface area contributed by atoms with Crippen molar-refractivity contribution in [3.63, 3.8) is 0 Å². The molecule has 1 N–H and O–H groups in total. The van der Waals surface area contributed by atoms with Crippen LogP contribution >= 0.6 is 0 Å². The van der Waals surface area contributed by atoms with E-state index in [1.807, 2.05) is 19.2 Å². The molecule has 0 atom stereocenters. The van der Waals surface area contributed by atoms with Crippen molar-refractivity contribution in [2.75, 3.05) is 25.0 Å². The summed E-state index contributed by atoms with van der Waals surface area (Å²) in [6.07, 6.45) is 4.51. The van der Waals surface area contributed by atoms with E-state index in [0.717, 1.165) is 38.0 Å². The molecule has 1 heterocycles. The van der Waals surface area contributed by atoms with E-state index in [4.69, 9.17) is 0 Å². The lowest BCUT2D eigenvalue weighted by molar-refractivity contribution is -0.113. The lowest BCUT2D eigenvalue weighted by atomic mass is 9.69. The largest absolute Gasteiger partial charge is 0.317 e. The summed E-state index contributed by atoms with van der Waals surface area (Å²) in [5, 5.41) is 3.48. The monoisotopic (exact) mass is 334 g/mol. The first-order valence-corrected chi connectivity index (χ1v) is 8.90. The van der Waals surface area contributed by atoms with E-state index in [2.05, 4.69) is 54.4 Å². The highest BCUT2D eigenvalue weighted by Crippen LogP contribution is 2.38. The Kier molecular flexibility index (Phi) is 5.34. The molecule has 25 heavy (non-hydrogen) atoms. The van der Waals surface area contributed by atoms with Crippen molar-refractivity contribution in [1.82, 2.24) is 5.32 Å². The van der Waals surface area contributed by atoms with Crippen LogP contribution in [0, 0.1) is 0 Å². The number of rotatable bonds is 5. The smallest absolute Gasteiger partial charge is 0.250 e. The highest BCUT2D eigenvalue weighted by Gasteiger charge is 2.34. The van der Waals surface area contributed by atoms with Gasteiger partial charge in [-0.3, -0.25) is 4.79 Å². The molecule has 3 rings (SSSR count). The van der Waals surface area contributed by atoms with Gasteiger partial charge in [-0.15, -0.1) is 0 Å². The molecule has 0 unspecified atom stereocenters. The molecule has 0 aromatic heterocycles. The molecular formula is C22H26N2O. The number of anilines is 1. The summed E-state index contributed by atoms with van der Waals surface area (Å²) >= 11 is 0. The number of benzene rings is 2. The highest BCUT2D eigenvalue weighted by molar-refractivity contribution is 6.01. The number of nitrogens with zero attached hydrogens (tertiary/aromatic N) is 1. The normalized spacial score (nSPS) is 16.2. The summed E-state index contributed by atoms with van der Waals surface area (Å²) < 4.78 is 0. The highest BCUT2D eigenvalue weighted by atomic mass is 16.2. The van der Waals surface area contributed by atoms with Gasteiger partial charge in [-0.25, -0.2) is 0 Å². The Labute approximate surface area is 150 Å². The number of hydrogen-bond donors (Lipinski definition) is 1. The summed E-state index contributed by atoms with van der Waals surface area (Å²) in [6.45, 7) is 5.67. The molecule has 2 aromatic carbocycles. The number of para-hydroxylation sites is 1. The third-order valence-corrected chi connectivity index (χ3v) is 5.33. The number of piperidine rings is 1. The molecule has 1 saturated heterocycles. The van der Waals surface area contributed by atoms with Crippen molar-refractivity contribution in [3.8, 4) is 0 Å². The van der Waals surface area contributed by atoms with Crippen LogP contribution < -0.4 is 10.2 Å². The SMILES string of the molecule is C=CC(=O)N(C)c1ccccc1CC1(c2ccccc2)CCNCC1. The first-order chi connectivity index (χ1) is 12.2. The predicted octanol–water partition coefficient (Wildman–Crippen LogP) is 3.70. The molecule has 1 amide bonds. The average molecular weight is 334 g/mol. The molecular weight excluding hydrogens is 308 g/mol. The molecule has 0 radical (unpaired) electrons. The molecule has 130 valence electrons. The second kappa shape index (κ2) is 7.66. The number of carbonyl (C=O) groups excluding carboxylic acids is 1. The van der Waals surface area contributed by atoms with Gasteiger partial charge in [0.05, 0.1) is 0 Å². The lowest BCUT2D eigenvalue weighted by Crippen LogP contribution is -2.41. The Morgan fingerprint density at radius 3 is 2.44 bits per heavy atom. The Bertz CT molecular complexity index is 733. The minimum absolute atomic E-state index is 0.0773. The van der Waals surface area contributed by atoms with Crippen molar-refractivity contribution >= 4 is 11.6 Å². The summed E-state index contributed by atoms with van der Waals surface area (Å²) in [6, 6.07) is 19.0. The second-order valence-electron chi connectivity index (χ2n) is 6.80. The van der Waals surface area contributed by atoms with Crippen molar-refractivity contribution in [2.45, 2.75) is 24.7 Å². The van der Waals surface area contributed by atoms with Crippen LogP contribution in [0.3, 0.4) is 0 Å². The fourth-order valence-corrected chi connectivity index (χ4v) is 3.87. The number of hydrogen-bond acceptors (Lipinski definition) is 2. The zero-order chi connectivity index (χ0) is 17.7.